The molecule has 1 saturated carbocycles. The Labute approximate surface area is 129 Å². The molecule has 1 aliphatic carbocycles. The van der Waals surface area contributed by atoms with Gasteiger partial charge >= 0.3 is 0 Å². The molecule has 1 nitrogen and oxygen atoms in total. The summed E-state index contributed by atoms with van der Waals surface area (Å²) in [5.74, 6) is 0. The van der Waals surface area contributed by atoms with Gasteiger partial charge in [-0.25, -0.2) is 0 Å². The van der Waals surface area contributed by atoms with Gasteiger partial charge in [0.1, 0.15) is 0 Å². The fourth-order valence-corrected chi connectivity index (χ4v) is 6.19. The standard InChI is InChI=1S/C18H38OSi/c1-4-5-6-7-8-9-10-14-17-19-20(2,3)18-15-12-11-13-16-18/h18H,4-17H2,1-3H3. The van der Waals surface area contributed by atoms with Crippen molar-refractivity contribution in [3.63, 3.8) is 0 Å². The summed E-state index contributed by atoms with van der Waals surface area (Å²) in [6.07, 6.45) is 18.4. The number of unbranched alkanes of at least 4 members (excludes halogenated alkanes) is 7. The lowest BCUT2D eigenvalue weighted by molar-refractivity contribution is 0.277. The monoisotopic (exact) mass is 298 g/mol. The summed E-state index contributed by atoms with van der Waals surface area (Å²) >= 11 is 0. The van der Waals surface area contributed by atoms with Crippen LogP contribution in [0.25, 0.3) is 0 Å². The molecule has 0 amide bonds. The van der Waals surface area contributed by atoms with Gasteiger partial charge in [0.05, 0.1) is 0 Å². The molecule has 1 rings (SSSR count). The third kappa shape index (κ3) is 7.83. The molecule has 0 saturated heterocycles. The molecule has 0 aromatic heterocycles. The lowest BCUT2D eigenvalue weighted by Crippen LogP contribution is -2.38. The van der Waals surface area contributed by atoms with Crippen molar-refractivity contribution in [2.45, 2.75) is 109 Å². The SMILES string of the molecule is CCCCCCCCCCO[Si](C)(C)C1CCCCC1. The van der Waals surface area contributed by atoms with Crippen LogP contribution >= 0.6 is 0 Å². The highest BCUT2D eigenvalue weighted by atomic mass is 28.4. The molecular weight excluding hydrogens is 260 g/mol. The Morgan fingerprint density at radius 1 is 0.800 bits per heavy atom. The Morgan fingerprint density at radius 2 is 1.35 bits per heavy atom. The largest absolute Gasteiger partial charge is 0.417 e. The molecule has 0 bridgehead atoms. The maximum atomic E-state index is 6.35. The Bertz CT molecular complexity index is 221. The summed E-state index contributed by atoms with van der Waals surface area (Å²) in [6, 6.07) is 0. The van der Waals surface area contributed by atoms with Crippen molar-refractivity contribution in [1.29, 1.82) is 0 Å². The molecule has 0 aromatic rings. The van der Waals surface area contributed by atoms with Crippen LogP contribution < -0.4 is 0 Å². The maximum Gasteiger partial charge on any atom is 0.189 e. The molecule has 0 aliphatic heterocycles. The lowest BCUT2D eigenvalue weighted by Gasteiger charge is -2.34. The van der Waals surface area contributed by atoms with Crippen molar-refractivity contribution in [1.82, 2.24) is 0 Å². The number of hydrogen-bond acceptors (Lipinski definition) is 1. The van der Waals surface area contributed by atoms with Gasteiger partial charge in [0.2, 0.25) is 0 Å². The predicted octanol–water partition coefficient (Wildman–Crippen LogP) is 6.68. The van der Waals surface area contributed by atoms with E-state index in [2.05, 4.69) is 20.0 Å². The van der Waals surface area contributed by atoms with Gasteiger partial charge in [-0.3, -0.25) is 0 Å². The molecule has 1 fully saturated rings. The van der Waals surface area contributed by atoms with Crippen LogP contribution in [0.15, 0.2) is 0 Å². The molecule has 0 radical (unpaired) electrons. The summed E-state index contributed by atoms with van der Waals surface area (Å²) in [5.41, 5.74) is 0.935. The van der Waals surface area contributed by atoms with Crippen LogP contribution in [-0.4, -0.2) is 14.9 Å². The van der Waals surface area contributed by atoms with E-state index in [1.807, 2.05) is 0 Å². The van der Waals surface area contributed by atoms with Gasteiger partial charge in [0, 0.05) is 6.61 Å². The molecule has 0 aromatic carbocycles. The van der Waals surface area contributed by atoms with E-state index in [9.17, 15) is 0 Å². The Hall–Kier alpha value is 0.177. The first-order chi connectivity index (χ1) is 9.67. The van der Waals surface area contributed by atoms with Gasteiger partial charge in [0.15, 0.2) is 8.32 Å². The zero-order valence-corrected chi connectivity index (χ0v) is 15.4. The number of rotatable bonds is 11. The summed E-state index contributed by atoms with van der Waals surface area (Å²) in [7, 11) is -1.39. The molecule has 20 heavy (non-hydrogen) atoms. The fourth-order valence-electron chi connectivity index (χ4n) is 3.49. The molecule has 120 valence electrons. The normalized spacial score (nSPS) is 17.6. The zero-order chi connectivity index (χ0) is 14.7. The topological polar surface area (TPSA) is 9.23 Å². The molecule has 2 heteroatoms. The average Bonchev–Trinajstić information content (AvgIpc) is 2.46. The van der Waals surface area contributed by atoms with E-state index in [4.69, 9.17) is 4.43 Å². The Morgan fingerprint density at radius 3 is 1.95 bits per heavy atom. The Balaban J connectivity index is 1.96. The van der Waals surface area contributed by atoms with E-state index < -0.39 is 8.32 Å². The van der Waals surface area contributed by atoms with E-state index in [0.29, 0.717) is 0 Å². The highest BCUT2D eigenvalue weighted by molar-refractivity contribution is 6.72. The van der Waals surface area contributed by atoms with Crippen LogP contribution in [0.3, 0.4) is 0 Å². The van der Waals surface area contributed by atoms with E-state index in [0.717, 1.165) is 12.1 Å². The third-order valence-electron chi connectivity index (χ3n) is 5.06. The molecule has 1 aliphatic rings. The minimum Gasteiger partial charge on any atom is -0.417 e. The highest BCUT2D eigenvalue weighted by Gasteiger charge is 2.34. The van der Waals surface area contributed by atoms with Crippen molar-refractivity contribution in [2.24, 2.45) is 0 Å². The van der Waals surface area contributed by atoms with E-state index in [-0.39, 0.29) is 0 Å². The summed E-state index contributed by atoms with van der Waals surface area (Å²) in [5, 5.41) is 0. The Kier molecular flexibility index (Phi) is 9.88. The second kappa shape index (κ2) is 10.8. The van der Waals surface area contributed by atoms with Gasteiger partial charge in [-0.05, 0) is 25.1 Å². The van der Waals surface area contributed by atoms with Crippen LogP contribution in [0.2, 0.25) is 18.6 Å². The molecule has 0 atom stereocenters. The van der Waals surface area contributed by atoms with Crippen LogP contribution in [-0.2, 0) is 4.43 Å². The third-order valence-corrected chi connectivity index (χ3v) is 8.55. The summed E-state index contributed by atoms with van der Waals surface area (Å²) < 4.78 is 6.35. The molecular formula is C18H38OSi. The van der Waals surface area contributed by atoms with Crippen molar-refractivity contribution in [3.8, 4) is 0 Å². The van der Waals surface area contributed by atoms with Crippen LogP contribution in [0.5, 0.6) is 0 Å². The fraction of sp³-hybridized carbons (Fsp3) is 1.00. The second-order valence-corrected chi connectivity index (χ2v) is 11.6. The lowest BCUT2D eigenvalue weighted by atomic mass is 10.0. The highest BCUT2D eigenvalue weighted by Crippen LogP contribution is 2.37. The van der Waals surface area contributed by atoms with Crippen molar-refractivity contribution < 1.29 is 4.43 Å². The van der Waals surface area contributed by atoms with Gasteiger partial charge in [-0.1, -0.05) is 84.0 Å². The van der Waals surface area contributed by atoms with Crippen LogP contribution in [0.1, 0.15) is 90.4 Å². The zero-order valence-electron chi connectivity index (χ0n) is 14.4. The predicted molar refractivity (Wildman–Crippen MR) is 92.9 cm³/mol. The second-order valence-electron chi connectivity index (χ2n) is 7.26. The molecule has 0 spiro atoms. The number of hydrogen-bond donors (Lipinski definition) is 0. The quantitative estimate of drug-likeness (QED) is 0.305. The smallest absolute Gasteiger partial charge is 0.189 e. The van der Waals surface area contributed by atoms with Gasteiger partial charge in [-0.2, -0.15) is 0 Å². The first-order valence-electron chi connectivity index (χ1n) is 9.31. The van der Waals surface area contributed by atoms with Crippen molar-refractivity contribution >= 4 is 8.32 Å². The van der Waals surface area contributed by atoms with E-state index in [1.54, 1.807) is 0 Å². The van der Waals surface area contributed by atoms with Gasteiger partial charge in [0.25, 0.3) is 0 Å². The molecule has 0 heterocycles. The van der Waals surface area contributed by atoms with E-state index >= 15 is 0 Å². The van der Waals surface area contributed by atoms with Gasteiger partial charge < -0.3 is 4.43 Å². The van der Waals surface area contributed by atoms with Gasteiger partial charge in [-0.15, -0.1) is 0 Å². The first-order valence-corrected chi connectivity index (χ1v) is 12.3. The van der Waals surface area contributed by atoms with Crippen LogP contribution in [0.4, 0.5) is 0 Å². The minimum absolute atomic E-state index is 0.935. The van der Waals surface area contributed by atoms with Crippen molar-refractivity contribution in [2.75, 3.05) is 6.61 Å². The van der Waals surface area contributed by atoms with Crippen LogP contribution in [0, 0.1) is 0 Å². The maximum absolute atomic E-state index is 6.35. The first kappa shape index (κ1) is 18.2. The molecule has 0 unspecified atom stereocenters. The van der Waals surface area contributed by atoms with Crippen molar-refractivity contribution in [3.05, 3.63) is 0 Å². The summed E-state index contributed by atoms with van der Waals surface area (Å²) in [4.78, 5) is 0. The summed E-state index contributed by atoms with van der Waals surface area (Å²) in [6.45, 7) is 8.22. The minimum atomic E-state index is -1.39. The molecule has 0 N–H and O–H groups in total. The average molecular weight is 299 g/mol. The van der Waals surface area contributed by atoms with E-state index in [1.165, 1.54) is 83.5 Å².